The van der Waals surface area contributed by atoms with E-state index in [1.807, 2.05) is 38.1 Å². The van der Waals surface area contributed by atoms with E-state index in [9.17, 15) is 4.79 Å². The fraction of sp³-hybridized carbons (Fsp3) is 0.524. The Morgan fingerprint density at radius 3 is 2.81 bits per heavy atom. The minimum Gasteiger partial charge on any atom is -0.497 e. The van der Waals surface area contributed by atoms with Gasteiger partial charge in [-0.1, -0.05) is 6.42 Å². The van der Waals surface area contributed by atoms with Gasteiger partial charge in [0.15, 0.2) is 0 Å². The lowest BCUT2D eigenvalue weighted by Crippen LogP contribution is -2.43. The molecule has 0 spiro atoms. The number of aromatic nitrogens is 1. The van der Waals surface area contributed by atoms with Gasteiger partial charge in [0.25, 0.3) is 0 Å². The van der Waals surface area contributed by atoms with E-state index in [1.54, 1.807) is 18.4 Å². The molecule has 4 atom stereocenters. The number of benzene rings is 1. The standard InChI is InChI=1S/C21H27N3O2S/c1-12(22-20(25)18-11-15-5-4-6-17(15)24-18)19-13(2)23-21(27-19)14-7-9-16(26-3)10-8-14/h7-10,12,15,17-18,24H,4-6,11H2,1-3H3,(H,22,25)/t12?,15-,17-,18-/m0/s1. The third kappa shape index (κ3) is 3.73. The number of rotatable bonds is 5. The lowest BCUT2D eigenvalue weighted by Gasteiger charge is -2.17. The summed E-state index contributed by atoms with van der Waals surface area (Å²) in [4.78, 5) is 18.6. The number of carbonyl (C=O) groups excluding carboxylic acids is 1. The molecule has 1 aliphatic carbocycles. The van der Waals surface area contributed by atoms with E-state index in [2.05, 4.69) is 10.6 Å². The van der Waals surface area contributed by atoms with E-state index in [0.717, 1.165) is 33.3 Å². The van der Waals surface area contributed by atoms with Crippen molar-refractivity contribution in [3.8, 4) is 16.3 Å². The molecule has 1 saturated heterocycles. The van der Waals surface area contributed by atoms with Gasteiger partial charge in [-0.25, -0.2) is 4.98 Å². The Labute approximate surface area is 164 Å². The molecule has 0 bridgehead atoms. The topological polar surface area (TPSA) is 63.2 Å². The number of amides is 1. The highest BCUT2D eigenvalue weighted by Crippen LogP contribution is 2.36. The summed E-state index contributed by atoms with van der Waals surface area (Å²) >= 11 is 1.65. The van der Waals surface area contributed by atoms with Crippen LogP contribution in [0.1, 0.15) is 49.2 Å². The zero-order chi connectivity index (χ0) is 19.0. The molecule has 1 unspecified atom stereocenters. The molecule has 4 rings (SSSR count). The van der Waals surface area contributed by atoms with Crippen molar-refractivity contribution in [3.05, 3.63) is 34.8 Å². The van der Waals surface area contributed by atoms with Crippen LogP contribution in [0.4, 0.5) is 0 Å². The number of thiazole rings is 1. The molecule has 2 fully saturated rings. The lowest BCUT2D eigenvalue weighted by molar-refractivity contribution is -0.123. The average Bonchev–Trinajstić information content (AvgIpc) is 3.36. The summed E-state index contributed by atoms with van der Waals surface area (Å²) < 4.78 is 5.22. The molecule has 2 N–H and O–H groups in total. The van der Waals surface area contributed by atoms with E-state index >= 15 is 0 Å². The number of fused-ring (bicyclic) bond motifs is 1. The Morgan fingerprint density at radius 1 is 1.33 bits per heavy atom. The van der Waals surface area contributed by atoms with Crippen LogP contribution in [0, 0.1) is 12.8 Å². The van der Waals surface area contributed by atoms with Crippen molar-refractivity contribution >= 4 is 17.2 Å². The van der Waals surface area contributed by atoms with Gasteiger partial charge in [0.2, 0.25) is 5.91 Å². The largest absolute Gasteiger partial charge is 0.497 e. The number of aryl methyl sites for hydroxylation is 1. The van der Waals surface area contributed by atoms with Gasteiger partial charge >= 0.3 is 0 Å². The highest BCUT2D eigenvalue weighted by molar-refractivity contribution is 7.15. The molecule has 6 heteroatoms. The minimum atomic E-state index is -0.0444. The van der Waals surface area contributed by atoms with Crippen molar-refractivity contribution in [3.63, 3.8) is 0 Å². The number of hydrogen-bond donors (Lipinski definition) is 2. The Balaban J connectivity index is 1.43. The fourth-order valence-corrected chi connectivity index (χ4v) is 5.47. The summed E-state index contributed by atoms with van der Waals surface area (Å²) in [7, 11) is 1.66. The maximum Gasteiger partial charge on any atom is 0.237 e. The number of nitrogens with one attached hydrogen (secondary N) is 2. The molecular formula is C21H27N3O2S. The number of carbonyl (C=O) groups is 1. The predicted molar refractivity (Wildman–Crippen MR) is 108 cm³/mol. The van der Waals surface area contributed by atoms with E-state index in [4.69, 9.17) is 9.72 Å². The molecule has 5 nitrogen and oxygen atoms in total. The maximum atomic E-state index is 12.7. The lowest BCUT2D eigenvalue weighted by atomic mass is 10.0. The molecular weight excluding hydrogens is 358 g/mol. The highest BCUT2D eigenvalue weighted by Gasteiger charge is 2.40. The van der Waals surface area contributed by atoms with E-state index in [-0.39, 0.29) is 18.0 Å². The van der Waals surface area contributed by atoms with Crippen LogP contribution in [-0.4, -0.2) is 30.1 Å². The van der Waals surface area contributed by atoms with Crippen LogP contribution in [-0.2, 0) is 4.79 Å². The predicted octanol–water partition coefficient (Wildman–Crippen LogP) is 3.83. The van der Waals surface area contributed by atoms with Gasteiger partial charge in [0, 0.05) is 11.6 Å². The van der Waals surface area contributed by atoms with E-state index in [1.165, 1.54) is 19.3 Å². The van der Waals surface area contributed by atoms with Gasteiger partial charge in [-0.2, -0.15) is 0 Å². The van der Waals surface area contributed by atoms with Crippen molar-refractivity contribution in [1.29, 1.82) is 0 Å². The molecule has 2 aliphatic rings. The number of nitrogens with zero attached hydrogens (tertiary/aromatic N) is 1. The van der Waals surface area contributed by atoms with Crippen molar-refractivity contribution in [2.45, 2.75) is 57.7 Å². The van der Waals surface area contributed by atoms with Crippen LogP contribution in [0.15, 0.2) is 24.3 Å². The molecule has 2 heterocycles. The second-order valence-electron chi connectivity index (χ2n) is 7.68. The van der Waals surface area contributed by atoms with Crippen molar-refractivity contribution in [2.24, 2.45) is 5.92 Å². The monoisotopic (exact) mass is 385 g/mol. The van der Waals surface area contributed by atoms with Crippen LogP contribution in [0.3, 0.4) is 0 Å². The quantitative estimate of drug-likeness (QED) is 0.821. The number of ether oxygens (including phenoxy) is 1. The number of methoxy groups -OCH3 is 1. The van der Waals surface area contributed by atoms with Crippen LogP contribution >= 0.6 is 11.3 Å². The molecule has 1 aliphatic heterocycles. The third-order valence-corrected chi connectivity index (χ3v) is 7.24. The first-order valence-electron chi connectivity index (χ1n) is 9.73. The highest BCUT2D eigenvalue weighted by atomic mass is 32.1. The zero-order valence-corrected chi connectivity index (χ0v) is 16.9. The average molecular weight is 386 g/mol. The van der Waals surface area contributed by atoms with Gasteiger partial charge < -0.3 is 15.4 Å². The summed E-state index contributed by atoms with van der Waals surface area (Å²) in [5.41, 5.74) is 2.05. The van der Waals surface area contributed by atoms with Crippen LogP contribution < -0.4 is 15.4 Å². The zero-order valence-electron chi connectivity index (χ0n) is 16.1. The first kappa shape index (κ1) is 18.4. The van der Waals surface area contributed by atoms with Gasteiger partial charge in [-0.15, -0.1) is 11.3 Å². The number of hydrogen-bond acceptors (Lipinski definition) is 5. The summed E-state index contributed by atoms with van der Waals surface area (Å²) in [6.07, 6.45) is 4.74. The molecule has 1 aromatic heterocycles. The molecule has 144 valence electrons. The maximum absolute atomic E-state index is 12.7. The summed E-state index contributed by atoms with van der Waals surface area (Å²) in [6.45, 7) is 4.06. The molecule has 1 amide bonds. The van der Waals surface area contributed by atoms with Gasteiger partial charge in [0.05, 0.1) is 29.8 Å². The SMILES string of the molecule is COc1ccc(-c2nc(C)c(C(C)NC(=O)[C@@H]3C[C@@H]4CCC[C@@H]4N3)s2)cc1. The minimum absolute atomic E-state index is 0.0377. The second-order valence-corrected chi connectivity index (χ2v) is 8.71. The van der Waals surface area contributed by atoms with Crippen molar-refractivity contribution in [2.75, 3.05) is 7.11 Å². The second kappa shape index (κ2) is 7.60. The summed E-state index contributed by atoms with van der Waals surface area (Å²) in [5.74, 6) is 1.64. The van der Waals surface area contributed by atoms with E-state index < -0.39 is 0 Å². The molecule has 1 aromatic carbocycles. The van der Waals surface area contributed by atoms with Crippen LogP contribution in [0.2, 0.25) is 0 Å². The van der Waals surface area contributed by atoms with Gasteiger partial charge in [-0.3, -0.25) is 4.79 Å². The molecule has 0 radical (unpaired) electrons. The van der Waals surface area contributed by atoms with Crippen molar-refractivity contribution in [1.82, 2.24) is 15.6 Å². The van der Waals surface area contributed by atoms with Gasteiger partial charge in [0.1, 0.15) is 10.8 Å². The first-order chi connectivity index (χ1) is 13.0. The Hall–Kier alpha value is -1.92. The van der Waals surface area contributed by atoms with Crippen LogP contribution in [0.5, 0.6) is 5.75 Å². The summed E-state index contributed by atoms with van der Waals surface area (Å²) in [6, 6.07) is 8.39. The third-order valence-electron chi connectivity index (χ3n) is 5.85. The van der Waals surface area contributed by atoms with E-state index in [0.29, 0.717) is 12.0 Å². The van der Waals surface area contributed by atoms with Gasteiger partial charge in [-0.05, 0) is 63.3 Å². The molecule has 27 heavy (non-hydrogen) atoms. The molecule has 2 aromatic rings. The first-order valence-corrected chi connectivity index (χ1v) is 10.5. The Morgan fingerprint density at radius 2 is 2.11 bits per heavy atom. The smallest absolute Gasteiger partial charge is 0.237 e. The summed E-state index contributed by atoms with van der Waals surface area (Å²) in [5, 5.41) is 7.70. The normalized spacial score (nSPS) is 25.2. The Bertz CT molecular complexity index is 805. The fourth-order valence-electron chi connectivity index (χ4n) is 4.40. The van der Waals surface area contributed by atoms with Crippen molar-refractivity contribution < 1.29 is 9.53 Å². The molecule has 1 saturated carbocycles. The van der Waals surface area contributed by atoms with Crippen LogP contribution in [0.25, 0.3) is 10.6 Å². The Kier molecular flexibility index (Phi) is 5.19.